The minimum atomic E-state index is -0.168. The monoisotopic (exact) mass is 544 g/mol. The molecule has 0 fully saturated rings. The second-order valence-electron chi connectivity index (χ2n) is 8.18. The minimum Gasteiger partial charge on any atom is -0.330 e. The molecule has 0 spiro atoms. The van der Waals surface area contributed by atoms with Gasteiger partial charge in [0.1, 0.15) is 6.54 Å². The van der Waals surface area contributed by atoms with Gasteiger partial charge in [-0.25, -0.2) is 0 Å². The summed E-state index contributed by atoms with van der Waals surface area (Å²) in [5.74, 6) is -0.152. The van der Waals surface area contributed by atoms with Crippen molar-refractivity contribution in [3.05, 3.63) is 91.0 Å². The van der Waals surface area contributed by atoms with E-state index < -0.39 is 0 Å². The number of fused-ring (bicyclic) bond motifs is 1. The van der Waals surface area contributed by atoms with Crippen molar-refractivity contribution in [2.75, 3.05) is 19.6 Å². The lowest BCUT2D eigenvalue weighted by atomic mass is 9.93. The fourth-order valence-electron chi connectivity index (χ4n) is 4.25. The van der Waals surface area contributed by atoms with E-state index in [1.165, 1.54) is 10.4 Å². The molecule has 1 unspecified atom stereocenters. The molecule has 0 N–H and O–H groups in total. The summed E-state index contributed by atoms with van der Waals surface area (Å²) in [6, 6.07) is 17.0. The first-order valence-electron chi connectivity index (χ1n) is 11.1. The molecule has 1 aliphatic rings. The number of carbonyl (C=O) groups excluding carboxylic acids is 2. The summed E-state index contributed by atoms with van der Waals surface area (Å²) in [6.07, 6.45) is 2.63. The van der Waals surface area contributed by atoms with Gasteiger partial charge in [0.05, 0.1) is 6.04 Å². The van der Waals surface area contributed by atoms with E-state index in [2.05, 4.69) is 34.3 Å². The molecule has 7 heteroatoms. The van der Waals surface area contributed by atoms with Gasteiger partial charge in [0.15, 0.2) is 0 Å². The molecule has 172 valence electrons. The Morgan fingerprint density at radius 1 is 1.18 bits per heavy atom. The Morgan fingerprint density at radius 3 is 2.70 bits per heavy atom. The van der Waals surface area contributed by atoms with Crippen LogP contribution in [0.2, 0.25) is 5.02 Å². The molecule has 1 atom stereocenters. The van der Waals surface area contributed by atoms with Crippen molar-refractivity contribution in [2.45, 2.75) is 32.2 Å². The van der Waals surface area contributed by atoms with Crippen LogP contribution in [-0.2, 0) is 11.2 Å². The van der Waals surface area contributed by atoms with Crippen molar-refractivity contribution in [1.82, 2.24) is 9.80 Å². The molecule has 0 bridgehead atoms. The predicted octanol–water partition coefficient (Wildman–Crippen LogP) is 6.58. The lowest BCUT2D eigenvalue weighted by Crippen LogP contribution is -2.47. The van der Waals surface area contributed by atoms with Crippen LogP contribution in [0, 0.1) is 0 Å². The highest BCUT2D eigenvalue weighted by Gasteiger charge is 2.34. The lowest BCUT2D eigenvalue weighted by molar-refractivity contribution is -0.134. The first-order chi connectivity index (χ1) is 16.0. The molecule has 4 nitrogen and oxygen atoms in total. The van der Waals surface area contributed by atoms with Crippen molar-refractivity contribution in [3.8, 4) is 0 Å². The predicted molar refractivity (Wildman–Crippen MR) is 138 cm³/mol. The van der Waals surface area contributed by atoms with Crippen molar-refractivity contribution < 1.29 is 9.59 Å². The average Bonchev–Trinajstić information content (AvgIpc) is 3.30. The summed E-state index contributed by atoms with van der Waals surface area (Å²) in [7, 11) is 0. The van der Waals surface area contributed by atoms with Crippen molar-refractivity contribution in [1.29, 1.82) is 0 Å². The van der Waals surface area contributed by atoms with Crippen LogP contribution in [0.3, 0.4) is 0 Å². The molecule has 4 rings (SSSR count). The normalized spacial score (nSPS) is 15.2. The van der Waals surface area contributed by atoms with Gasteiger partial charge in [0.25, 0.3) is 5.91 Å². The highest BCUT2D eigenvalue weighted by atomic mass is 79.9. The number of hydrogen-bond acceptors (Lipinski definition) is 3. The molecule has 0 aliphatic carbocycles. The van der Waals surface area contributed by atoms with Gasteiger partial charge in [-0.1, -0.05) is 59.1 Å². The van der Waals surface area contributed by atoms with Crippen LogP contribution in [0.5, 0.6) is 0 Å². The number of carbonyl (C=O) groups is 2. The van der Waals surface area contributed by atoms with Crippen LogP contribution in [0.15, 0.2) is 64.5 Å². The van der Waals surface area contributed by atoms with E-state index in [-0.39, 0.29) is 24.4 Å². The number of halogens is 2. The number of nitrogens with zero attached hydrogens (tertiary/aromatic N) is 2. The SMILES string of the molecule is CCCCN(CC(=O)N1CCc2sccc2C1c1ccc(Cl)cc1)C(=O)c1cccc(Br)c1. The number of unbranched alkanes of at least 4 members (excludes halogenated alkanes) is 1. The Morgan fingerprint density at radius 2 is 1.97 bits per heavy atom. The zero-order chi connectivity index (χ0) is 23.4. The Kier molecular flexibility index (Phi) is 7.89. The molecule has 1 aromatic heterocycles. The molecule has 3 aromatic rings. The maximum Gasteiger partial charge on any atom is 0.254 e. The van der Waals surface area contributed by atoms with E-state index in [4.69, 9.17) is 11.6 Å². The number of amides is 2. The number of benzene rings is 2. The molecule has 2 aromatic carbocycles. The fraction of sp³-hybridized carbons (Fsp3) is 0.308. The maximum atomic E-state index is 13.7. The third-order valence-corrected chi connectivity index (χ3v) is 7.68. The Bertz CT molecular complexity index is 1130. The Balaban J connectivity index is 1.61. The maximum absolute atomic E-state index is 13.7. The van der Waals surface area contributed by atoms with E-state index in [0.29, 0.717) is 23.7 Å². The third kappa shape index (κ3) is 5.51. The molecule has 0 radical (unpaired) electrons. The quantitative estimate of drug-likeness (QED) is 0.336. The Hall–Kier alpha value is -2.15. The van der Waals surface area contributed by atoms with Crippen molar-refractivity contribution >= 4 is 50.7 Å². The van der Waals surface area contributed by atoms with Crippen LogP contribution in [0.1, 0.15) is 52.2 Å². The summed E-state index contributed by atoms with van der Waals surface area (Å²) in [6.45, 7) is 3.33. The molecular weight excluding hydrogens is 520 g/mol. The highest BCUT2D eigenvalue weighted by molar-refractivity contribution is 9.10. The first-order valence-corrected chi connectivity index (χ1v) is 13.2. The topological polar surface area (TPSA) is 40.6 Å². The minimum absolute atomic E-state index is 0.0359. The summed E-state index contributed by atoms with van der Waals surface area (Å²) in [5.41, 5.74) is 2.78. The summed E-state index contributed by atoms with van der Waals surface area (Å²) >= 11 is 11.3. The van der Waals surface area contributed by atoms with Gasteiger partial charge in [-0.3, -0.25) is 9.59 Å². The number of hydrogen-bond donors (Lipinski definition) is 0. The second-order valence-corrected chi connectivity index (χ2v) is 10.5. The summed E-state index contributed by atoms with van der Waals surface area (Å²) < 4.78 is 0.846. The molecule has 2 amide bonds. The number of thiophene rings is 1. The van der Waals surface area contributed by atoms with Crippen LogP contribution in [0.25, 0.3) is 0 Å². The zero-order valence-electron chi connectivity index (χ0n) is 18.5. The van der Waals surface area contributed by atoms with Crippen molar-refractivity contribution in [3.63, 3.8) is 0 Å². The smallest absolute Gasteiger partial charge is 0.254 e. The van der Waals surface area contributed by atoms with Gasteiger partial charge in [-0.05, 0) is 65.7 Å². The van der Waals surface area contributed by atoms with E-state index in [9.17, 15) is 9.59 Å². The third-order valence-electron chi connectivity index (χ3n) is 5.94. The van der Waals surface area contributed by atoms with Gasteiger partial charge < -0.3 is 9.80 Å². The highest BCUT2D eigenvalue weighted by Crippen LogP contribution is 2.38. The summed E-state index contributed by atoms with van der Waals surface area (Å²) in [4.78, 5) is 31.9. The van der Waals surface area contributed by atoms with E-state index in [1.807, 2.05) is 41.3 Å². The number of rotatable bonds is 7. The van der Waals surface area contributed by atoms with Crippen LogP contribution < -0.4 is 0 Å². The van der Waals surface area contributed by atoms with E-state index in [1.54, 1.807) is 28.4 Å². The Labute approximate surface area is 212 Å². The fourth-order valence-corrected chi connectivity index (χ4v) is 5.68. The van der Waals surface area contributed by atoms with E-state index in [0.717, 1.165) is 29.3 Å². The standard InChI is InChI=1S/C26H26BrClN2O2S/c1-2-3-13-29(26(32)19-5-4-6-20(27)16-19)17-24(31)30-14-11-23-22(12-15-33-23)25(30)18-7-9-21(28)10-8-18/h4-10,12,15-16,25H,2-3,11,13-14,17H2,1H3. The molecule has 0 saturated carbocycles. The second kappa shape index (κ2) is 10.9. The van der Waals surface area contributed by atoms with Gasteiger partial charge in [-0.2, -0.15) is 0 Å². The van der Waals surface area contributed by atoms with E-state index >= 15 is 0 Å². The molecule has 1 aliphatic heterocycles. The van der Waals surface area contributed by atoms with Gasteiger partial charge in [0.2, 0.25) is 5.91 Å². The first kappa shape index (κ1) is 24.0. The van der Waals surface area contributed by atoms with Crippen LogP contribution in [-0.4, -0.2) is 41.2 Å². The van der Waals surface area contributed by atoms with Gasteiger partial charge in [-0.15, -0.1) is 11.3 Å². The molecule has 2 heterocycles. The zero-order valence-corrected chi connectivity index (χ0v) is 21.6. The van der Waals surface area contributed by atoms with Gasteiger partial charge >= 0.3 is 0 Å². The largest absolute Gasteiger partial charge is 0.330 e. The van der Waals surface area contributed by atoms with Crippen molar-refractivity contribution in [2.24, 2.45) is 0 Å². The molecule has 33 heavy (non-hydrogen) atoms. The lowest BCUT2D eigenvalue weighted by Gasteiger charge is -2.37. The molecule has 0 saturated heterocycles. The average molecular weight is 546 g/mol. The van der Waals surface area contributed by atoms with Crippen LogP contribution in [0.4, 0.5) is 0 Å². The van der Waals surface area contributed by atoms with Crippen LogP contribution >= 0.6 is 38.9 Å². The molecular formula is C26H26BrClN2O2S. The summed E-state index contributed by atoms with van der Waals surface area (Å²) in [5, 5.41) is 2.76. The van der Waals surface area contributed by atoms with Gasteiger partial charge in [0, 0.05) is 33.0 Å².